The summed E-state index contributed by atoms with van der Waals surface area (Å²) < 4.78 is 0. The number of nitrogens with two attached hydrogens (primary N) is 1. The number of hydrogen-bond donors (Lipinski definition) is 1. The van der Waals surface area contributed by atoms with Gasteiger partial charge in [0, 0.05) is 0 Å². The summed E-state index contributed by atoms with van der Waals surface area (Å²) in [4.78, 5) is 0. The zero-order valence-corrected chi connectivity index (χ0v) is 8.87. The first-order valence-electron chi connectivity index (χ1n) is 4.76. The molecule has 76 valence electrons. The van der Waals surface area contributed by atoms with Crippen molar-refractivity contribution >= 4 is 0 Å². The van der Waals surface area contributed by atoms with E-state index in [1.807, 2.05) is 37.3 Å². The lowest BCUT2D eigenvalue weighted by molar-refractivity contribution is 0.968. The zero-order valence-electron chi connectivity index (χ0n) is 8.87. The zero-order chi connectivity index (χ0) is 10.8. The van der Waals surface area contributed by atoms with Crippen molar-refractivity contribution in [3.05, 3.63) is 60.8 Å². The van der Waals surface area contributed by atoms with E-state index in [0.29, 0.717) is 6.54 Å². The number of hydrogen-bond acceptors (Lipinski definition) is 1. The minimum atomic E-state index is 0.628. The first kappa shape index (κ1) is 12.7. The molecule has 0 bridgehead atoms. The summed E-state index contributed by atoms with van der Waals surface area (Å²) in [7, 11) is 0. The van der Waals surface area contributed by atoms with Crippen molar-refractivity contribution in [2.24, 2.45) is 5.73 Å². The predicted molar refractivity (Wildman–Crippen MR) is 65.0 cm³/mol. The maximum absolute atomic E-state index is 5.45. The molecule has 2 N–H and O–H groups in total. The lowest BCUT2D eigenvalue weighted by Crippen LogP contribution is -2.00. The smallest absolute Gasteiger partial charge is 0.00367 e. The average molecular weight is 189 g/mol. The van der Waals surface area contributed by atoms with E-state index in [1.165, 1.54) is 0 Å². The summed E-state index contributed by atoms with van der Waals surface area (Å²) in [5.41, 5.74) is 7.53. The van der Waals surface area contributed by atoms with Gasteiger partial charge in [0.15, 0.2) is 0 Å². The first-order valence-corrected chi connectivity index (χ1v) is 4.76. The molecule has 0 amide bonds. The molecule has 0 aliphatic heterocycles. The maximum atomic E-state index is 5.45. The van der Waals surface area contributed by atoms with Crippen LogP contribution in [-0.2, 0) is 0 Å². The van der Waals surface area contributed by atoms with E-state index in [9.17, 15) is 0 Å². The second-order valence-corrected chi connectivity index (χ2v) is 2.88. The highest BCUT2D eigenvalue weighted by atomic mass is 14.5. The van der Waals surface area contributed by atoms with Gasteiger partial charge in [-0.05, 0) is 31.0 Å². The molecule has 0 heterocycles. The third kappa shape index (κ3) is 5.33. The van der Waals surface area contributed by atoms with E-state index in [2.05, 4.69) is 13.2 Å². The molecule has 0 aromatic carbocycles. The van der Waals surface area contributed by atoms with Crippen LogP contribution in [0.2, 0.25) is 0 Å². The van der Waals surface area contributed by atoms with Crippen LogP contribution < -0.4 is 5.73 Å². The molecule has 0 rings (SSSR count). The van der Waals surface area contributed by atoms with Crippen LogP contribution in [0.5, 0.6) is 0 Å². The molecule has 0 saturated heterocycles. The van der Waals surface area contributed by atoms with Crippen LogP contribution in [0.1, 0.15) is 13.3 Å². The molecule has 14 heavy (non-hydrogen) atoms. The van der Waals surface area contributed by atoms with Crippen molar-refractivity contribution in [1.82, 2.24) is 0 Å². The first-order chi connectivity index (χ1) is 6.76. The van der Waals surface area contributed by atoms with E-state index in [0.717, 1.165) is 17.6 Å². The molecule has 0 aromatic rings. The Balaban J connectivity index is 4.39. The highest BCUT2D eigenvalue weighted by molar-refractivity contribution is 5.39. The second-order valence-electron chi connectivity index (χ2n) is 2.88. The summed E-state index contributed by atoms with van der Waals surface area (Å²) in [5.74, 6) is 0. The Morgan fingerprint density at radius 2 is 2.00 bits per heavy atom. The van der Waals surface area contributed by atoms with Crippen molar-refractivity contribution in [1.29, 1.82) is 0 Å². The second kappa shape index (κ2) is 8.27. The molecular weight excluding hydrogens is 170 g/mol. The van der Waals surface area contributed by atoms with Crippen molar-refractivity contribution in [2.45, 2.75) is 13.3 Å². The van der Waals surface area contributed by atoms with E-state index in [4.69, 9.17) is 5.73 Å². The maximum Gasteiger partial charge on any atom is -0.00367 e. The van der Waals surface area contributed by atoms with Gasteiger partial charge in [-0.25, -0.2) is 0 Å². The van der Waals surface area contributed by atoms with Gasteiger partial charge in [-0.15, -0.1) is 0 Å². The average Bonchev–Trinajstić information content (AvgIpc) is 2.18. The van der Waals surface area contributed by atoms with Crippen LogP contribution in [0, 0.1) is 0 Å². The van der Waals surface area contributed by atoms with Crippen LogP contribution in [0.4, 0.5) is 0 Å². The van der Waals surface area contributed by atoms with Gasteiger partial charge in [0.1, 0.15) is 0 Å². The number of allylic oxidation sites excluding steroid dienone is 7. The van der Waals surface area contributed by atoms with Crippen molar-refractivity contribution in [2.75, 3.05) is 6.54 Å². The van der Waals surface area contributed by atoms with Gasteiger partial charge < -0.3 is 5.73 Å². The Labute approximate surface area is 87.0 Å². The normalized spacial score (nSPS) is 12.6. The predicted octanol–water partition coefficient (Wildman–Crippen LogP) is 3.14. The van der Waals surface area contributed by atoms with Gasteiger partial charge in [0.2, 0.25) is 0 Å². The monoisotopic (exact) mass is 189 g/mol. The van der Waals surface area contributed by atoms with E-state index >= 15 is 0 Å². The highest BCUT2D eigenvalue weighted by Gasteiger charge is 1.95. The molecule has 1 heteroatoms. The molecule has 0 spiro atoms. The SMILES string of the molecule is C=C/C(=C/C=C\C=C/C)C(=C)CCN. The molecular formula is C13H19N. The minimum absolute atomic E-state index is 0.628. The lowest BCUT2D eigenvalue weighted by Gasteiger charge is -2.02. The molecule has 0 radical (unpaired) electrons. The Hall–Kier alpha value is -1.34. The minimum Gasteiger partial charge on any atom is -0.330 e. The van der Waals surface area contributed by atoms with E-state index < -0.39 is 0 Å². The number of rotatable bonds is 6. The fourth-order valence-electron chi connectivity index (χ4n) is 0.983. The van der Waals surface area contributed by atoms with Crippen molar-refractivity contribution in [3.63, 3.8) is 0 Å². The van der Waals surface area contributed by atoms with Gasteiger partial charge >= 0.3 is 0 Å². The topological polar surface area (TPSA) is 26.0 Å². The summed E-state index contributed by atoms with van der Waals surface area (Å²) >= 11 is 0. The van der Waals surface area contributed by atoms with Gasteiger partial charge in [-0.2, -0.15) is 0 Å². The summed E-state index contributed by atoms with van der Waals surface area (Å²) in [6.45, 7) is 10.3. The molecule has 1 nitrogen and oxygen atoms in total. The third-order valence-corrected chi connectivity index (χ3v) is 1.76. The van der Waals surface area contributed by atoms with Crippen LogP contribution in [-0.4, -0.2) is 6.54 Å². The Kier molecular flexibility index (Phi) is 7.48. The van der Waals surface area contributed by atoms with E-state index in [-0.39, 0.29) is 0 Å². The Morgan fingerprint density at radius 1 is 1.29 bits per heavy atom. The summed E-state index contributed by atoms with van der Waals surface area (Å²) in [6, 6.07) is 0. The third-order valence-electron chi connectivity index (χ3n) is 1.76. The molecule has 0 aromatic heterocycles. The fourth-order valence-corrected chi connectivity index (χ4v) is 0.983. The van der Waals surface area contributed by atoms with Gasteiger partial charge in [-0.3, -0.25) is 0 Å². The van der Waals surface area contributed by atoms with Crippen LogP contribution in [0.15, 0.2) is 60.8 Å². The Morgan fingerprint density at radius 3 is 2.50 bits per heavy atom. The molecule has 0 aliphatic carbocycles. The summed E-state index contributed by atoms with van der Waals surface area (Å²) in [6.07, 6.45) is 12.5. The van der Waals surface area contributed by atoms with Gasteiger partial charge in [-0.1, -0.05) is 49.6 Å². The standard InChI is InChI=1S/C13H19N/c1-4-6-7-8-9-13(5-2)12(3)10-11-14/h4-9H,2-3,10-11,14H2,1H3/b6-4-,8-7-,13-9-. The summed E-state index contributed by atoms with van der Waals surface area (Å²) in [5, 5.41) is 0. The molecule has 0 atom stereocenters. The lowest BCUT2D eigenvalue weighted by atomic mass is 10.0. The molecule has 0 saturated carbocycles. The Bertz CT molecular complexity index is 267. The fraction of sp³-hybridized carbons (Fsp3) is 0.231. The molecule has 0 unspecified atom stereocenters. The van der Waals surface area contributed by atoms with Gasteiger partial charge in [0.25, 0.3) is 0 Å². The van der Waals surface area contributed by atoms with Crippen LogP contribution in [0.3, 0.4) is 0 Å². The van der Waals surface area contributed by atoms with Gasteiger partial charge in [0.05, 0.1) is 0 Å². The quantitative estimate of drug-likeness (QED) is 0.638. The van der Waals surface area contributed by atoms with Crippen molar-refractivity contribution < 1.29 is 0 Å². The van der Waals surface area contributed by atoms with Crippen LogP contribution in [0.25, 0.3) is 0 Å². The molecule has 0 fully saturated rings. The van der Waals surface area contributed by atoms with Crippen LogP contribution >= 0.6 is 0 Å². The highest BCUT2D eigenvalue weighted by Crippen LogP contribution is 2.11. The molecule has 0 aliphatic rings. The largest absolute Gasteiger partial charge is 0.330 e. The van der Waals surface area contributed by atoms with Crippen molar-refractivity contribution in [3.8, 4) is 0 Å². The van der Waals surface area contributed by atoms with E-state index in [1.54, 1.807) is 6.08 Å².